The summed E-state index contributed by atoms with van der Waals surface area (Å²) in [4.78, 5) is 30.9. The van der Waals surface area contributed by atoms with Crippen LogP contribution in [0, 0.1) is 0 Å². The van der Waals surface area contributed by atoms with Gasteiger partial charge < -0.3 is 19.7 Å². The SMILES string of the molecule is CCCCCCCCC(CCCCCC)OC(=O)CCN(CCC(=O)OC(CCCCCC)CCCCCCCC)Cc1cnn(CCN(CCO)CCO)c1. The van der Waals surface area contributed by atoms with Gasteiger partial charge in [0.25, 0.3) is 0 Å². The summed E-state index contributed by atoms with van der Waals surface area (Å²) in [5.41, 5.74) is 1.01. The molecule has 56 heavy (non-hydrogen) atoms. The van der Waals surface area contributed by atoms with Crippen molar-refractivity contribution in [3.05, 3.63) is 18.0 Å². The van der Waals surface area contributed by atoms with Crippen LogP contribution >= 0.6 is 0 Å². The molecule has 1 heterocycles. The second-order valence-electron chi connectivity index (χ2n) is 16.2. The molecule has 10 heteroatoms. The monoisotopic (exact) mass is 793 g/mol. The second kappa shape index (κ2) is 37.3. The largest absolute Gasteiger partial charge is 0.462 e. The second-order valence-corrected chi connectivity index (χ2v) is 16.2. The van der Waals surface area contributed by atoms with Gasteiger partial charge in [-0.25, -0.2) is 0 Å². The maximum atomic E-state index is 13.3. The van der Waals surface area contributed by atoms with Gasteiger partial charge in [-0.3, -0.25) is 24.1 Å². The molecular weight excluding hydrogens is 705 g/mol. The molecule has 2 N–H and O–H groups in total. The molecule has 0 aliphatic carbocycles. The molecule has 0 fully saturated rings. The number of esters is 2. The number of aliphatic hydroxyl groups is 2. The standard InChI is InChI=1S/C46H88N4O6/c1-5-9-13-17-19-23-27-43(25-21-15-11-7-3)55-45(53)29-31-49(40-42-39-47-50(41-42)34-33-48(35-37-51)36-38-52)32-30-46(54)56-44(26-22-16-12-8-4)28-24-20-18-14-10-6-2/h39,41,43-44,51-52H,5-38,40H2,1-4H3. The maximum absolute atomic E-state index is 13.3. The number of rotatable bonds is 41. The summed E-state index contributed by atoms with van der Waals surface area (Å²) >= 11 is 0. The summed E-state index contributed by atoms with van der Waals surface area (Å²) in [6.45, 7) is 12.9. The minimum absolute atomic E-state index is 0.0238. The lowest BCUT2D eigenvalue weighted by molar-refractivity contribution is -0.150. The number of hydrogen-bond donors (Lipinski definition) is 2. The van der Waals surface area contributed by atoms with Crippen LogP contribution in [0.15, 0.2) is 12.4 Å². The van der Waals surface area contributed by atoms with Crippen LogP contribution in [-0.2, 0) is 32.2 Å². The minimum Gasteiger partial charge on any atom is -0.462 e. The molecule has 0 saturated heterocycles. The fourth-order valence-corrected chi connectivity index (χ4v) is 7.42. The first-order valence-corrected chi connectivity index (χ1v) is 23.4. The number of carbonyl (C=O) groups excluding carboxylic acids is 2. The molecular formula is C46H88N4O6. The molecule has 2 atom stereocenters. The highest BCUT2D eigenvalue weighted by Crippen LogP contribution is 2.19. The summed E-state index contributed by atoms with van der Waals surface area (Å²) in [6, 6.07) is 0. The Morgan fingerprint density at radius 2 is 0.964 bits per heavy atom. The zero-order valence-corrected chi connectivity index (χ0v) is 36.9. The Balaban J connectivity index is 2.92. The van der Waals surface area contributed by atoms with Gasteiger partial charge in [0.2, 0.25) is 0 Å². The highest BCUT2D eigenvalue weighted by Gasteiger charge is 2.19. The number of nitrogens with zero attached hydrogens (tertiary/aromatic N) is 4. The van der Waals surface area contributed by atoms with Gasteiger partial charge >= 0.3 is 11.9 Å². The molecule has 0 bridgehead atoms. The summed E-state index contributed by atoms with van der Waals surface area (Å²) in [5.74, 6) is -0.308. The van der Waals surface area contributed by atoms with Gasteiger partial charge in [0.05, 0.1) is 38.8 Å². The maximum Gasteiger partial charge on any atom is 0.307 e. The zero-order chi connectivity index (χ0) is 40.9. The van der Waals surface area contributed by atoms with E-state index in [1.165, 1.54) is 103 Å². The number of carbonyl (C=O) groups is 2. The van der Waals surface area contributed by atoms with Gasteiger partial charge in [-0.2, -0.15) is 5.10 Å². The average Bonchev–Trinajstić information content (AvgIpc) is 3.64. The van der Waals surface area contributed by atoms with Crippen molar-refractivity contribution < 1.29 is 29.3 Å². The Kier molecular flexibility index (Phi) is 34.6. The van der Waals surface area contributed by atoms with E-state index in [-0.39, 0.29) is 50.2 Å². The van der Waals surface area contributed by atoms with E-state index in [1.807, 2.05) is 22.0 Å². The lowest BCUT2D eigenvalue weighted by Gasteiger charge is -2.23. The van der Waals surface area contributed by atoms with Crippen LogP contribution in [0.2, 0.25) is 0 Å². The molecule has 0 aromatic carbocycles. The van der Waals surface area contributed by atoms with E-state index < -0.39 is 0 Å². The first kappa shape index (κ1) is 52.0. The van der Waals surface area contributed by atoms with Crippen LogP contribution < -0.4 is 0 Å². The topological polar surface area (TPSA) is 117 Å². The lowest BCUT2D eigenvalue weighted by Crippen LogP contribution is -2.33. The molecule has 1 aromatic heterocycles. The third-order valence-electron chi connectivity index (χ3n) is 10.9. The molecule has 0 saturated carbocycles. The van der Waals surface area contributed by atoms with Gasteiger partial charge in [0, 0.05) is 51.0 Å². The Bertz CT molecular complexity index is 983. The van der Waals surface area contributed by atoms with E-state index in [4.69, 9.17) is 9.47 Å². The van der Waals surface area contributed by atoms with E-state index in [0.717, 1.165) is 56.9 Å². The number of unbranched alkanes of at least 4 members (excludes halogenated alkanes) is 16. The molecule has 0 amide bonds. The van der Waals surface area contributed by atoms with Crippen LogP contribution in [0.3, 0.4) is 0 Å². The number of hydrogen-bond acceptors (Lipinski definition) is 9. The smallest absolute Gasteiger partial charge is 0.307 e. The van der Waals surface area contributed by atoms with Crippen molar-refractivity contribution >= 4 is 11.9 Å². The Labute approximate surface area is 343 Å². The third-order valence-corrected chi connectivity index (χ3v) is 10.9. The van der Waals surface area contributed by atoms with Crippen molar-refractivity contribution in [2.45, 2.75) is 220 Å². The van der Waals surface area contributed by atoms with Crippen LogP contribution in [0.5, 0.6) is 0 Å². The van der Waals surface area contributed by atoms with Crippen LogP contribution in [0.1, 0.15) is 200 Å². The summed E-state index contributed by atoms with van der Waals surface area (Å²) in [5, 5.41) is 23.3. The molecule has 328 valence electrons. The van der Waals surface area contributed by atoms with Crippen molar-refractivity contribution in [1.82, 2.24) is 19.6 Å². The Morgan fingerprint density at radius 1 is 0.571 bits per heavy atom. The quantitative estimate of drug-likeness (QED) is 0.0494. The number of aromatic nitrogens is 2. The first-order chi connectivity index (χ1) is 27.4. The molecule has 1 aromatic rings. The summed E-state index contributed by atoms with van der Waals surface area (Å²) < 4.78 is 14.2. The third kappa shape index (κ3) is 29.2. The van der Waals surface area contributed by atoms with Crippen LogP contribution in [0.25, 0.3) is 0 Å². The molecule has 0 spiro atoms. The van der Waals surface area contributed by atoms with Crippen molar-refractivity contribution in [1.29, 1.82) is 0 Å². The fourth-order valence-electron chi connectivity index (χ4n) is 7.42. The fraction of sp³-hybridized carbons (Fsp3) is 0.891. The van der Waals surface area contributed by atoms with Crippen LogP contribution in [-0.4, -0.2) is 99.9 Å². The zero-order valence-electron chi connectivity index (χ0n) is 36.9. The van der Waals surface area contributed by atoms with Crippen molar-refractivity contribution in [2.24, 2.45) is 0 Å². The van der Waals surface area contributed by atoms with Crippen molar-refractivity contribution in [2.75, 3.05) is 45.9 Å². The van der Waals surface area contributed by atoms with Gasteiger partial charge in [-0.15, -0.1) is 0 Å². The van der Waals surface area contributed by atoms with Crippen molar-refractivity contribution in [3.8, 4) is 0 Å². The predicted octanol–water partition coefficient (Wildman–Crippen LogP) is 10.0. The van der Waals surface area contributed by atoms with E-state index >= 15 is 0 Å². The van der Waals surface area contributed by atoms with E-state index in [1.54, 1.807) is 0 Å². The molecule has 1 rings (SSSR count). The molecule has 10 nitrogen and oxygen atoms in total. The summed E-state index contributed by atoms with van der Waals surface area (Å²) in [7, 11) is 0. The Morgan fingerprint density at radius 3 is 1.38 bits per heavy atom. The first-order valence-electron chi connectivity index (χ1n) is 23.4. The highest BCUT2D eigenvalue weighted by molar-refractivity contribution is 5.70. The van der Waals surface area contributed by atoms with E-state index in [0.29, 0.717) is 45.8 Å². The highest BCUT2D eigenvalue weighted by atomic mass is 16.5. The molecule has 2 unspecified atom stereocenters. The van der Waals surface area contributed by atoms with Gasteiger partial charge in [0.15, 0.2) is 0 Å². The van der Waals surface area contributed by atoms with Gasteiger partial charge in [-0.05, 0) is 51.4 Å². The Hall–Kier alpha value is -2.01. The van der Waals surface area contributed by atoms with Gasteiger partial charge in [0.1, 0.15) is 12.2 Å². The molecule has 0 radical (unpaired) electrons. The average molecular weight is 793 g/mol. The number of aliphatic hydroxyl groups excluding tert-OH is 2. The van der Waals surface area contributed by atoms with E-state index in [2.05, 4.69) is 37.7 Å². The van der Waals surface area contributed by atoms with Gasteiger partial charge in [-0.1, -0.05) is 130 Å². The van der Waals surface area contributed by atoms with E-state index in [9.17, 15) is 19.8 Å². The molecule has 0 aliphatic heterocycles. The lowest BCUT2D eigenvalue weighted by atomic mass is 10.0. The van der Waals surface area contributed by atoms with Crippen molar-refractivity contribution in [3.63, 3.8) is 0 Å². The minimum atomic E-state index is -0.154. The number of ether oxygens (including phenoxy) is 2. The molecule has 0 aliphatic rings. The normalized spacial score (nSPS) is 12.8. The van der Waals surface area contributed by atoms with Crippen LogP contribution in [0.4, 0.5) is 0 Å². The predicted molar refractivity (Wildman–Crippen MR) is 231 cm³/mol. The summed E-state index contributed by atoms with van der Waals surface area (Å²) in [6.07, 6.45) is 32.2.